The van der Waals surface area contributed by atoms with Crippen LogP contribution in [0.5, 0.6) is 0 Å². The van der Waals surface area contributed by atoms with E-state index in [2.05, 4.69) is 25.0 Å². The summed E-state index contributed by atoms with van der Waals surface area (Å²) in [7, 11) is -5.06. The Morgan fingerprint density at radius 3 is 1.98 bits per heavy atom. The Morgan fingerprint density at radius 2 is 1.51 bits per heavy atom. The summed E-state index contributed by atoms with van der Waals surface area (Å²) in [4.78, 5) is 49.0. The van der Waals surface area contributed by atoms with Crippen LogP contribution in [0, 0.1) is 0 Å². The topological polar surface area (TPSA) is 177 Å². The van der Waals surface area contributed by atoms with E-state index in [0.717, 1.165) is 35.1 Å². The van der Waals surface area contributed by atoms with Crippen LogP contribution >= 0.6 is 22.9 Å². The van der Waals surface area contributed by atoms with E-state index in [0.29, 0.717) is 4.90 Å². The Kier molecular flexibility index (Phi) is 10.2. The SMILES string of the molecule is CON=C(C(=O)N[C@@H]1C(=O)N2C(C(=O)O)=C(OS(=O)(=O)C(F)(F)F)CC[C@H]12)c1nc(NC(c2ccccc2)(c2ccccc2)c2ccccc2)sc1Cl. The number of thiazole rings is 1. The molecular weight excluding hydrogens is 763 g/mol. The maximum Gasteiger partial charge on any atom is 0.534 e. The van der Waals surface area contributed by atoms with Crippen LogP contribution in [-0.2, 0) is 39.1 Å². The van der Waals surface area contributed by atoms with Crippen molar-refractivity contribution in [1.82, 2.24) is 15.2 Å². The molecule has 0 aliphatic carbocycles. The Morgan fingerprint density at radius 1 is 0.981 bits per heavy atom. The molecule has 2 aliphatic rings. The number of halogens is 4. The van der Waals surface area contributed by atoms with Gasteiger partial charge in [-0.05, 0) is 23.1 Å². The lowest BCUT2D eigenvalue weighted by molar-refractivity contribution is -0.156. The van der Waals surface area contributed by atoms with Gasteiger partial charge in [-0.3, -0.25) is 14.5 Å². The number of allylic oxidation sites excluding steroid dienone is 1. The fourth-order valence-corrected chi connectivity index (χ4v) is 7.85. The summed E-state index contributed by atoms with van der Waals surface area (Å²) in [6.07, 6.45) is -0.852. The molecule has 0 bridgehead atoms. The highest BCUT2D eigenvalue weighted by Crippen LogP contribution is 2.43. The number of anilines is 1. The highest BCUT2D eigenvalue weighted by atomic mass is 35.5. The molecule has 0 unspecified atom stereocenters. The number of fused-ring (bicyclic) bond motifs is 1. The minimum atomic E-state index is -6.22. The predicted octanol–water partition coefficient (Wildman–Crippen LogP) is 5.20. The maximum atomic E-state index is 13.7. The molecule has 53 heavy (non-hydrogen) atoms. The number of carbonyl (C=O) groups excluding carboxylic acids is 2. The Bertz CT molecular complexity index is 2120. The molecule has 2 amide bonds. The van der Waals surface area contributed by atoms with Gasteiger partial charge in [-0.1, -0.05) is 119 Å². The monoisotopic (exact) mass is 789 g/mol. The number of oxime groups is 1. The minimum absolute atomic E-state index is 0.0181. The molecule has 2 atom stereocenters. The van der Waals surface area contributed by atoms with Crippen molar-refractivity contribution in [2.24, 2.45) is 5.16 Å². The molecule has 1 aromatic heterocycles. The molecule has 276 valence electrons. The third kappa shape index (κ3) is 6.92. The molecule has 0 saturated carbocycles. The van der Waals surface area contributed by atoms with Crippen molar-refractivity contribution < 1.29 is 50.1 Å². The third-order valence-corrected chi connectivity index (χ3v) is 10.7. The van der Waals surface area contributed by atoms with E-state index in [1.165, 1.54) is 0 Å². The lowest BCUT2D eigenvalue weighted by Crippen LogP contribution is -2.72. The van der Waals surface area contributed by atoms with E-state index in [1.807, 2.05) is 91.0 Å². The van der Waals surface area contributed by atoms with Crippen molar-refractivity contribution in [2.45, 2.75) is 36.0 Å². The van der Waals surface area contributed by atoms with Gasteiger partial charge in [-0.25, -0.2) is 9.78 Å². The summed E-state index contributed by atoms with van der Waals surface area (Å²) < 4.78 is 66.2. The van der Waals surface area contributed by atoms with Gasteiger partial charge in [0, 0.05) is 6.42 Å². The molecule has 0 spiro atoms. The first-order valence-corrected chi connectivity index (χ1v) is 18.1. The number of aliphatic carboxylic acids is 1. The number of benzene rings is 3. The van der Waals surface area contributed by atoms with Crippen LogP contribution in [-0.4, -0.2) is 71.6 Å². The number of carboxylic acid groups (broad SMARTS) is 1. The van der Waals surface area contributed by atoms with Gasteiger partial charge < -0.3 is 24.8 Å². The number of nitrogens with zero attached hydrogens (tertiary/aromatic N) is 3. The zero-order valence-corrected chi connectivity index (χ0v) is 29.6. The molecule has 13 nitrogen and oxygen atoms in total. The van der Waals surface area contributed by atoms with E-state index in [4.69, 9.17) is 16.4 Å². The highest BCUT2D eigenvalue weighted by Gasteiger charge is 2.56. The van der Waals surface area contributed by atoms with Crippen molar-refractivity contribution in [3.05, 3.63) is 129 Å². The summed E-state index contributed by atoms with van der Waals surface area (Å²) in [6, 6.07) is 26.3. The number of nitrogens with one attached hydrogen (secondary N) is 2. The quantitative estimate of drug-likeness (QED) is 0.0432. The fraction of sp³-hybridized carbons (Fsp3) is 0.206. The number of aromatic nitrogens is 1. The van der Waals surface area contributed by atoms with Gasteiger partial charge >= 0.3 is 21.6 Å². The number of rotatable bonds is 12. The van der Waals surface area contributed by atoms with E-state index >= 15 is 0 Å². The average molecular weight is 790 g/mol. The van der Waals surface area contributed by atoms with Gasteiger partial charge in [0.05, 0.1) is 6.04 Å². The fourth-order valence-electron chi connectivity index (χ4n) is 6.22. The Labute approximate surface area is 308 Å². The number of hydrogen-bond acceptors (Lipinski definition) is 11. The van der Waals surface area contributed by atoms with Crippen LogP contribution in [0.4, 0.5) is 18.3 Å². The van der Waals surface area contributed by atoms with Crippen molar-refractivity contribution >= 4 is 61.7 Å². The lowest BCUT2D eigenvalue weighted by atomic mass is 9.77. The van der Waals surface area contributed by atoms with Crippen molar-refractivity contribution in [1.29, 1.82) is 0 Å². The molecular formula is C34H27ClF3N5O8S2. The van der Waals surface area contributed by atoms with Crippen molar-refractivity contribution in [3.8, 4) is 0 Å². The van der Waals surface area contributed by atoms with Gasteiger partial charge in [0.25, 0.3) is 11.8 Å². The van der Waals surface area contributed by atoms with Crippen LogP contribution in [0.15, 0.2) is 108 Å². The second-order valence-corrected chi connectivity index (χ2v) is 14.7. The first-order valence-electron chi connectivity index (χ1n) is 15.5. The number of β-lactam (4-membered cyclic amide) rings is 1. The summed E-state index contributed by atoms with van der Waals surface area (Å²) >= 11 is 7.68. The zero-order chi connectivity index (χ0) is 38.1. The summed E-state index contributed by atoms with van der Waals surface area (Å²) in [6.45, 7) is 0. The highest BCUT2D eigenvalue weighted by molar-refractivity contribution is 7.87. The van der Waals surface area contributed by atoms with Crippen LogP contribution in [0.3, 0.4) is 0 Å². The Hall–Kier alpha value is -5.46. The normalized spacial score (nSPS) is 17.8. The molecule has 1 fully saturated rings. The number of alkyl halides is 3. The zero-order valence-electron chi connectivity index (χ0n) is 27.2. The van der Waals surface area contributed by atoms with Crippen LogP contribution in [0.1, 0.15) is 35.2 Å². The second kappa shape index (κ2) is 14.5. The molecule has 3 heterocycles. The standard InChI is InChI=1S/C34H27ClF3N5O8S2/c1-50-42-26(29(44)39-24-22-17-18-23(51-53(48,49)34(36,37)38)27(31(46)47)43(22)30(24)45)25-28(35)52-32(40-25)41-33(19-11-5-2-6-12-19,20-13-7-3-8-14-20)21-15-9-4-10-16-21/h2-16,22,24H,17-18H2,1H3,(H,39,44)(H,40,41)(H,46,47)/t22-,24+/m1/s1. The lowest BCUT2D eigenvalue weighted by Gasteiger charge is -2.49. The molecule has 3 aromatic carbocycles. The minimum Gasteiger partial charge on any atom is -0.476 e. The van der Waals surface area contributed by atoms with Crippen molar-refractivity contribution in [3.63, 3.8) is 0 Å². The van der Waals surface area contributed by atoms with Crippen LogP contribution in [0.2, 0.25) is 4.34 Å². The molecule has 19 heteroatoms. The average Bonchev–Trinajstić information content (AvgIpc) is 3.50. The summed E-state index contributed by atoms with van der Waals surface area (Å²) in [5, 5.41) is 19.8. The largest absolute Gasteiger partial charge is 0.534 e. The number of hydrogen-bond donors (Lipinski definition) is 3. The smallest absolute Gasteiger partial charge is 0.476 e. The molecule has 6 rings (SSSR count). The van der Waals surface area contributed by atoms with E-state index < -0.39 is 74.6 Å². The molecule has 2 aliphatic heterocycles. The number of amides is 2. The van der Waals surface area contributed by atoms with Crippen molar-refractivity contribution in [2.75, 3.05) is 12.4 Å². The molecule has 0 radical (unpaired) electrons. The molecule has 3 N–H and O–H groups in total. The summed E-state index contributed by atoms with van der Waals surface area (Å²) in [5.74, 6) is -5.02. The predicted molar refractivity (Wildman–Crippen MR) is 186 cm³/mol. The van der Waals surface area contributed by atoms with Crippen LogP contribution in [0.25, 0.3) is 0 Å². The van der Waals surface area contributed by atoms with Gasteiger partial charge in [0.15, 0.2) is 22.3 Å². The first-order chi connectivity index (χ1) is 25.2. The number of carboxylic acids is 1. The van der Waals surface area contributed by atoms with Crippen LogP contribution < -0.4 is 10.6 Å². The van der Waals surface area contributed by atoms with Gasteiger partial charge in [0.2, 0.25) is 0 Å². The molecule has 1 saturated heterocycles. The van der Waals surface area contributed by atoms with E-state index in [1.54, 1.807) is 0 Å². The van der Waals surface area contributed by atoms with Gasteiger partial charge in [-0.15, -0.1) is 0 Å². The van der Waals surface area contributed by atoms with Gasteiger partial charge in [0.1, 0.15) is 28.7 Å². The summed E-state index contributed by atoms with van der Waals surface area (Å²) in [5.41, 5.74) is -5.94. The molecule has 4 aromatic rings. The Balaban J connectivity index is 1.30. The maximum absolute atomic E-state index is 13.7. The first kappa shape index (κ1) is 37.3. The number of carbonyl (C=O) groups is 3. The van der Waals surface area contributed by atoms with Gasteiger partial charge in [-0.2, -0.15) is 21.6 Å². The van der Waals surface area contributed by atoms with E-state index in [-0.39, 0.29) is 21.6 Å². The van der Waals surface area contributed by atoms with E-state index in [9.17, 15) is 41.1 Å². The third-order valence-electron chi connectivity index (χ3n) is 8.50. The second-order valence-electron chi connectivity index (χ2n) is 11.6.